The Morgan fingerprint density at radius 2 is 2.00 bits per heavy atom. The van der Waals surface area contributed by atoms with Crippen LogP contribution in [0, 0.1) is 6.92 Å². The number of halogens is 1. The minimum Gasteiger partial charge on any atom is -0.305 e. The molecule has 1 N–H and O–H groups in total. The minimum absolute atomic E-state index is 0.0728. The number of nitrogens with zero attached hydrogens (tertiary/aromatic N) is 1. The standard InChI is InChI=1S/C15H13BrN2O/c1-10-4-2-3-5-11(10)9-18-14-7-6-12(16)8-13(14)17-15(18)19/h2-8H,9H2,1H3,(H,17,19). The number of nitrogens with one attached hydrogen (secondary N) is 1. The van der Waals surface area contributed by atoms with Crippen molar-refractivity contribution < 1.29 is 0 Å². The highest BCUT2D eigenvalue weighted by atomic mass is 79.9. The van der Waals surface area contributed by atoms with Gasteiger partial charge in [-0.1, -0.05) is 40.2 Å². The Hall–Kier alpha value is -1.81. The first-order valence-corrected chi connectivity index (χ1v) is 6.87. The van der Waals surface area contributed by atoms with Crippen molar-refractivity contribution in [3.63, 3.8) is 0 Å². The number of imidazole rings is 1. The molecule has 19 heavy (non-hydrogen) atoms. The number of rotatable bonds is 2. The molecule has 3 rings (SSSR count). The molecule has 0 unspecified atom stereocenters. The molecular formula is C15H13BrN2O. The quantitative estimate of drug-likeness (QED) is 0.772. The molecule has 0 radical (unpaired) electrons. The van der Waals surface area contributed by atoms with Crippen molar-refractivity contribution in [3.05, 3.63) is 68.5 Å². The van der Waals surface area contributed by atoms with E-state index in [1.54, 1.807) is 4.57 Å². The molecule has 96 valence electrons. The van der Waals surface area contributed by atoms with Crippen LogP contribution in [0.1, 0.15) is 11.1 Å². The van der Waals surface area contributed by atoms with E-state index in [9.17, 15) is 4.79 Å². The average Bonchev–Trinajstić information content (AvgIpc) is 2.68. The summed E-state index contributed by atoms with van der Waals surface area (Å²) < 4.78 is 2.73. The zero-order valence-electron chi connectivity index (χ0n) is 10.5. The maximum atomic E-state index is 12.1. The van der Waals surface area contributed by atoms with Crippen LogP contribution in [0.15, 0.2) is 51.7 Å². The lowest BCUT2D eigenvalue weighted by Crippen LogP contribution is -2.17. The van der Waals surface area contributed by atoms with Crippen LogP contribution in [-0.2, 0) is 6.54 Å². The lowest BCUT2D eigenvalue weighted by atomic mass is 10.1. The van der Waals surface area contributed by atoms with Gasteiger partial charge < -0.3 is 4.98 Å². The van der Waals surface area contributed by atoms with E-state index in [1.807, 2.05) is 30.3 Å². The molecule has 0 bridgehead atoms. The summed E-state index contributed by atoms with van der Waals surface area (Å²) in [5.41, 5.74) is 4.06. The fraction of sp³-hybridized carbons (Fsp3) is 0.133. The fourth-order valence-electron chi connectivity index (χ4n) is 2.25. The number of hydrogen-bond acceptors (Lipinski definition) is 1. The first-order valence-electron chi connectivity index (χ1n) is 6.08. The summed E-state index contributed by atoms with van der Waals surface area (Å²) in [6.07, 6.45) is 0. The molecule has 2 aromatic carbocycles. The largest absolute Gasteiger partial charge is 0.326 e. The van der Waals surface area contributed by atoms with E-state index in [2.05, 4.69) is 40.0 Å². The molecule has 0 aliphatic carbocycles. The minimum atomic E-state index is -0.0728. The van der Waals surface area contributed by atoms with Gasteiger partial charge in [-0.25, -0.2) is 4.79 Å². The highest BCUT2D eigenvalue weighted by molar-refractivity contribution is 9.10. The lowest BCUT2D eigenvalue weighted by molar-refractivity contribution is 0.782. The first-order chi connectivity index (χ1) is 9.15. The van der Waals surface area contributed by atoms with Crippen LogP contribution in [0.25, 0.3) is 11.0 Å². The fourth-order valence-corrected chi connectivity index (χ4v) is 2.61. The summed E-state index contributed by atoms with van der Waals surface area (Å²) in [7, 11) is 0. The molecule has 0 saturated heterocycles. The summed E-state index contributed by atoms with van der Waals surface area (Å²) in [4.78, 5) is 14.9. The van der Waals surface area contributed by atoms with Crippen LogP contribution in [0.4, 0.5) is 0 Å². The van der Waals surface area contributed by atoms with Crippen LogP contribution in [0.5, 0.6) is 0 Å². The zero-order chi connectivity index (χ0) is 13.4. The predicted octanol–water partition coefficient (Wildman–Crippen LogP) is 3.45. The van der Waals surface area contributed by atoms with Crippen LogP contribution >= 0.6 is 15.9 Å². The van der Waals surface area contributed by atoms with Crippen LogP contribution in [0.3, 0.4) is 0 Å². The second-order valence-electron chi connectivity index (χ2n) is 4.60. The Bertz CT molecular complexity index is 801. The normalized spacial score (nSPS) is 11.1. The van der Waals surface area contributed by atoms with Gasteiger partial charge >= 0.3 is 5.69 Å². The third-order valence-electron chi connectivity index (χ3n) is 3.33. The van der Waals surface area contributed by atoms with E-state index in [0.29, 0.717) is 6.54 Å². The molecule has 0 saturated carbocycles. The number of aryl methyl sites for hydroxylation is 1. The van der Waals surface area contributed by atoms with Gasteiger partial charge in [-0.2, -0.15) is 0 Å². The SMILES string of the molecule is Cc1ccccc1Cn1c(=O)[nH]c2cc(Br)ccc21. The summed E-state index contributed by atoms with van der Waals surface area (Å²) in [6, 6.07) is 13.9. The molecule has 0 aliphatic rings. The summed E-state index contributed by atoms with van der Waals surface area (Å²) in [5.74, 6) is 0. The third-order valence-corrected chi connectivity index (χ3v) is 3.82. The van der Waals surface area contributed by atoms with E-state index >= 15 is 0 Å². The van der Waals surface area contributed by atoms with E-state index < -0.39 is 0 Å². The third kappa shape index (κ3) is 2.24. The van der Waals surface area contributed by atoms with Gasteiger partial charge in [0.25, 0.3) is 0 Å². The van der Waals surface area contributed by atoms with E-state index in [1.165, 1.54) is 5.56 Å². The number of aromatic amines is 1. The molecule has 1 heterocycles. The number of fused-ring (bicyclic) bond motifs is 1. The van der Waals surface area contributed by atoms with E-state index in [-0.39, 0.29) is 5.69 Å². The molecule has 3 aromatic rings. The average molecular weight is 317 g/mol. The molecule has 0 amide bonds. The van der Waals surface area contributed by atoms with Crippen LogP contribution in [0.2, 0.25) is 0 Å². The van der Waals surface area contributed by atoms with Crippen LogP contribution in [-0.4, -0.2) is 9.55 Å². The smallest absolute Gasteiger partial charge is 0.305 e. The highest BCUT2D eigenvalue weighted by Crippen LogP contribution is 2.18. The van der Waals surface area contributed by atoms with Gasteiger partial charge in [-0.05, 0) is 36.2 Å². The van der Waals surface area contributed by atoms with Gasteiger partial charge in [-0.15, -0.1) is 0 Å². The number of aromatic nitrogens is 2. The summed E-state index contributed by atoms with van der Waals surface area (Å²) in [6.45, 7) is 2.65. The van der Waals surface area contributed by atoms with Gasteiger partial charge in [0.15, 0.2) is 0 Å². The van der Waals surface area contributed by atoms with Gasteiger partial charge in [-0.3, -0.25) is 4.57 Å². The monoisotopic (exact) mass is 316 g/mol. The van der Waals surface area contributed by atoms with Gasteiger partial charge in [0.2, 0.25) is 0 Å². The van der Waals surface area contributed by atoms with Gasteiger partial charge in [0.1, 0.15) is 0 Å². The first kappa shape index (κ1) is 12.2. The van der Waals surface area contributed by atoms with Crippen LogP contribution < -0.4 is 5.69 Å². The van der Waals surface area contributed by atoms with Crippen molar-refractivity contribution in [2.75, 3.05) is 0 Å². The highest BCUT2D eigenvalue weighted by Gasteiger charge is 2.08. The van der Waals surface area contributed by atoms with Crippen molar-refractivity contribution in [1.82, 2.24) is 9.55 Å². The molecule has 0 fully saturated rings. The zero-order valence-corrected chi connectivity index (χ0v) is 12.1. The number of hydrogen-bond donors (Lipinski definition) is 1. The summed E-state index contributed by atoms with van der Waals surface area (Å²) >= 11 is 3.41. The Labute approximate surface area is 119 Å². The molecule has 0 spiro atoms. The second kappa shape index (κ2) is 4.70. The molecule has 3 nitrogen and oxygen atoms in total. The number of benzene rings is 2. The van der Waals surface area contributed by atoms with E-state index in [4.69, 9.17) is 0 Å². The number of H-pyrrole nitrogens is 1. The molecule has 0 aliphatic heterocycles. The van der Waals surface area contributed by atoms with Gasteiger partial charge in [0.05, 0.1) is 17.6 Å². The van der Waals surface area contributed by atoms with Gasteiger partial charge in [0, 0.05) is 4.47 Å². The summed E-state index contributed by atoms with van der Waals surface area (Å²) in [5, 5.41) is 0. The molecule has 1 aromatic heterocycles. The van der Waals surface area contributed by atoms with Crippen molar-refractivity contribution in [1.29, 1.82) is 0 Å². The molecule has 4 heteroatoms. The van der Waals surface area contributed by atoms with E-state index in [0.717, 1.165) is 21.1 Å². The van der Waals surface area contributed by atoms with Crippen molar-refractivity contribution in [2.24, 2.45) is 0 Å². The maximum Gasteiger partial charge on any atom is 0.326 e. The van der Waals surface area contributed by atoms with Crippen molar-refractivity contribution >= 4 is 27.0 Å². The predicted molar refractivity (Wildman–Crippen MR) is 80.5 cm³/mol. The maximum absolute atomic E-state index is 12.1. The topological polar surface area (TPSA) is 37.8 Å². The molecule has 0 atom stereocenters. The van der Waals surface area contributed by atoms with Crippen molar-refractivity contribution in [3.8, 4) is 0 Å². The Kier molecular flexibility index (Phi) is 3.03. The Morgan fingerprint density at radius 1 is 1.21 bits per heavy atom. The van der Waals surface area contributed by atoms with Crippen molar-refractivity contribution in [2.45, 2.75) is 13.5 Å². The Balaban J connectivity index is 2.13. The lowest BCUT2D eigenvalue weighted by Gasteiger charge is -2.06. The Morgan fingerprint density at radius 3 is 2.79 bits per heavy atom. The molecular weight excluding hydrogens is 304 g/mol. The second-order valence-corrected chi connectivity index (χ2v) is 5.52.